The number of piperidine rings is 1. The standard InChI is InChI=1S/C25H24N6O/c32-25-21(12-19-11-20(5-7-23(19)29-25)31-15-26-27-16-31)24-13-18-10-17(4-6-22(18)28-24)14-30-8-2-1-3-9-30/h4-7,10-13,15-16,28H,1-3,8-9,14H2,(H,29,32). The number of hydrogen-bond donors (Lipinski definition) is 2. The molecular formula is C25H24N6O. The normalized spacial score (nSPS) is 15.0. The molecule has 6 rings (SSSR count). The number of nitrogens with zero attached hydrogens (tertiary/aromatic N) is 4. The van der Waals surface area contributed by atoms with Crippen LogP contribution in [-0.4, -0.2) is 42.7 Å². The summed E-state index contributed by atoms with van der Waals surface area (Å²) in [5, 5.41) is 9.83. The van der Waals surface area contributed by atoms with Crippen LogP contribution >= 0.6 is 0 Å². The topological polar surface area (TPSA) is 82.6 Å². The number of likely N-dealkylation sites (tertiary alicyclic amines) is 1. The van der Waals surface area contributed by atoms with Crippen molar-refractivity contribution in [1.29, 1.82) is 0 Å². The lowest BCUT2D eigenvalue weighted by Gasteiger charge is -2.26. The number of fused-ring (bicyclic) bond motifs is 2. The molecule has 2 N–H and O–H groups in total. The first-order chi connectivity index (χ1) is 15.7. The maximum absolute atomic E-state index is 12.8. The highest BCUT2D eigenvalue weighted by Crippen LogP contribution is 2.26. The fourth-order valence-corrected chi connectivity index (χ4v) is 4.69. The molecule has 1 aliphatic heterocycles. The second kappa shape index (κ2) is 7.76. The molecule has 1 saturated heterocycles. The molecule has 0 amide bonds. The molecule has 0 atom stereocenters. The fourth-order valence-electron chi connectivity index (χ4n) is 4.69. The third-order valence-corrected chi connectivity index (χ3v) is 6.37. The van der Waals surface area contributed by atoms with Gasteiger partial charge in [-0.15, -0.1) is 10.2 Å². The molecular weight excluding hydrogens is 400 g/mol. The molecule has 1 fully saturated rings. The number of nitrogens with one attached hydrogen (secondary N) is 2. The summed E-state index contributed by atoms with van der Waals surface area (Å²) in [5.74, 6) is 0. The van der Waals surface area contributed by atoms with Gasteiger partial charge < -0.3 is 9.97 Å². The monoisotopic (exact) mass is 424 g/mol. The number of rotatable bonds is 4. The van der Waals surface area contributed by atoms with Crippen LogP contribution in [-0.2, 0) is 6.54 Å². The van der Waals surface area contributed by atoms with Crippen molar-refractivity contribution in [2.24, 2.45) is 0 Å². The Kier molecular flexibility index (Phi) is 4.61. The Labute approximate surface area is 184 Å². The van der Waals surface area contributed by atoms with Crippen LogP contribution in [0, 0.1) is 0 Å². The van der Waals surface area contributed by atoms with E-state index in [0.717, 1.165) is 39.7 Å². The Hall–Kier alpha value is -3.71. The SMILES string of the molecule is O=c1[nH]c2ccc(-n3cnnc3)cc2cc1-c1cc2cc(CN3CCCCC3)ccc2[nH]1. The van der Waals surface area contributed by atoms with E-state index in [1.165, 1.54) is 37.9 Å². The highest BCUT2D eigenvalue weighted by atomic mass is 16.1. The first kappa shape index (κ1) is 19.0. The summed E-state index contributed by atoms with van der Waals surface area (Å²) in [4.78, 5) is 21.8. The number of hydrogen-bond acceptors (Lipinski definition) is 4. The molecule has 7 heteroatoms. The number of pyridine rings is 1. The van der Waals surface area contributed by atoms with Gasteiger partial charge >= 0.3 is 0 Å². The summed E-state index contributed by atoms with van der Waals surface area (Å²) in [6.07, 6.45) is 7.25. The third-order valence-electron chi connectivity index (χ3n) is 6.37. The van der Waals surface area contributed by atoms with Gasteiger partial charge in [-0.3, -0.25) is 14.3 Å². The van der Waals surface area contributed by atoms with Gasteiger partial charge in [0.05, 0.1) is 11.3 Å². The second-order valence-corrected chi connectivity index (χ2v) is 8.59. The van der Waals surface area contributed by atoms with Gasteiger partial charge in [0.25, 0.3) is 5.56 Å². The third kappa shape index (κ3) is 3.50. The molecule has 5 aromatic rings. The van der Waals surface area contributed by atoms with Crippen LogP contribution in [0.15, 0.2) is 66.0 Å². The predicted molar refractivity (Wildman–Crippen MR) is 126 cm³/mol. The summed E-state index contributed by atoms with van der Waals surface area (Å²) in [7, 11) is 0. The minimum Gasteiger partial charge on any atom is -0.354 e. The van der Waals surface area contributed by atoms with E-state index < -0.39 is 0 Å². The minimum atomic E-state index is -0.102. The van der Waals surface area contributed by atoms with Crippen molar-refractivity contribution >= 4 is 21.8 Å². The highest BCUT2D eigenvalue weighted by Gasteiger charge is 2.13. The molecule has 160 valence electrons. The van der Waals surface area contributed by atoms with Crippen molar-refractivity contribution in [2.45, 2.75) is 25.8 Å². The molecule has 0 saturated carbocycles. The Morgan fingerprint density at radius 1 is 0.812 bits per heavy atom. The van der Waals surface area contributed by atoms with Crippen LogP contribution in [0.2, 0.25) is 0 Å². The molecule has 4 heterocycles. The van der Waals surface area contributed by atoms with E-state index >= 15 is 0 Å². The number of benzene rings is 2. The summed E-state index contributed by atoms with van der Waals surface area (Å²) in [5.41, 5.74) is 5.46. The van der Waals surface area contributed by atoms with Crippen LogP contribution in [0.4, 0.5) is 0 Å². The molecule has 0 unspecified atom stereocenters. The quantitative estimate of drug-likeness (QED) is 0.452. The van der Waals surface area contributed by atoms with Crippen molar-refractivity contribution in [3.63, 3.8) is 0 Å². The molecule has 32 heavy (non-hydrogen) atoms. The van der Waals surface area contributed by atoms with Crippen LogP contribution < -0.4 is 5.56 Å². The summed E-state index contributed by atoms with van der Waals surface area (Å²) in [6, 6.07) is 16.4. The average molecular weight is 425 g/mol. The number of aromatic amines is 2. The van der Waals surface area contributed by atoms with Crippen LogP contribution in [0.5, 0.6) is 0 Å². The van der Waals surface area contributed by atoms with Crippen LogP contribution in [0.25, 0.3) is 38.8 Å². The first-order valence-corrected chi connectivity index (χ1v) is 11.1. The minimum absolute atomic E-state index is 0.102. The molecule has 0 bridgehead atoms. The first-order valence-electron chi connectivity index (χ1n) is 11.1. The van der Waals surface area contributed by atoms with Crippen LogP contribution in [0.1, 0.15) is 24.8 Å². The molecule has 3 aromatic heterocycles. The van der Waals surface area contributed by atoms with Gasteiger partial charge in [0.15, 0.2) is 0 Å². The summed E-state index contributed by atoms with van der Waals surface area (Å²) >= 11 is 0. The van der Waals surface area contributed by atoms with Gasteiger partial charge in [-0.1, -0.05) is 12.5 Å². The Balaban J connectivity index is 1.37. The highest BCUT2D eigenvalue weighted by molar-refractivity contribution is 5.89. The predicted octanol–water partition coefficient (Wildman–Crippen LogP) is 4.24. The van der Waals surface area contributed by atoms with Crippen molar-refractivity contribution in [3.05, 3.63) is 77.1 Å². The molecule has 1 aliphatic rings. The lowest BCUT2D eigenvalue weighted by atomic mass is 10.1. The van der Waals surface area contributed by atoms with E-state index in [4.69, 9.17) is 0 Å². The Morgan fingerprint density at radius 3 is 2.41 bits per heavy atom. The van der Waals surface area contributed by atoms with Gasteiger partial charge in [-0.25, -0.2) is 0 Å². The molecule has 2 aromatic carbocycles. The van der Waals surface area contributed by atoms with E-state index in [1.54, 1.807) is 12.7 Å². The molecule has 0 radical (unpaired) electrons. The lowest BCUT2D eigenvalue weighted by molar-refractivity contribution is 0.221. The fraction of sp³-hybridized carbons (Fsp3) is 0.240. The zero-order chi connectivity index (χ0) is 21.5. The van der Waals surface area contributed by atoms with E-state index in [-0.39, 0.29) is 5.56 Å². The zero-order valence-corrected chi connectivity index (χ0v) is 17.7. The van der Waals surface area contributed by atoms with Crippen molar-refractivity contribution in [1.82, 2.24) is 29.6 Å². The van der Waals surface area contributed by atoms with Crippen molar-refractivity contribution in [2.75, 3.05) is 13.1 Å². The van der Waals surface area contributed by atoms with Crippen molar-refractivity contribution in [3.8, 4) is 16.9 Å². The van der Waals surface area contributed by atoms with E-state index in [0.29, 0.717) is 5.56 Å². The summed E-state index contributed by atoms with van der Waals surface area (Å²) in [6.45, 7) is 3.35. The van der Waals surface area contributed by atoms with Gasteiger partial charge in [0, 0.05) is 34.0 Å². The smallest absolute Gasteiger partial charge is 0.257 e. The van der Waals surface area contributed by atoms with Gasteiger partial charge in [0.2, 0.25) is 0 Å². The number of H-pyrrole nitrogens is 2. The maximum atomic E-state index is 12.8. The van der Waals surface area contributed by atoms with E-state index in [1.807, 2.05) is 28.8 Å². The van der Waals surface area contributed by atoms with Gasteiger partial charge in [-0.05, 0) is 74.0 Å². The maximum Gasteiger partial charge on any atom is 0.257 e. The Bertz CT molecular complexity index is 1460. The van der Waals surface area contributed by atoms with Gasteiger partial charge in [0.1, 0.15) is 12.7 Å². The van der Waals surface area contributed by atoms with E-state index in [9.17, 15) is 4.79 Å². The Morgan fingerprint density at radius 2 is 1.56 bits per heavy atom. The lowest BCUT2D eigenvalue weighted by Crippen LogP contribution is -2.28. The van der Waals surface area contributed by atoms with Crippen molar-refractivity contribution < 1.29 is 0 Å². The van der Waals surface area contributed by atoms with Gasteiger partial charge in [-0.2, -0.15) is 0 Å². The average Bonchev–Trinajstić information content (AvgIpc) is 3.49. The largest absolute Gasteiger partial charge is 0.354 e. The second-order valence-electron chi connectivity index (χ2n) is 8.59. The van der Waals surface area contributed by atoms with E-state index in [2.05, 4.69) is 49.3 Å². The zero-order valence-electron chi connectivity index (χ0n) is 17.7. The molecule has 0 aliphatic carbocycles. The summed E-state index contributed by atoms with van der Waals surface area (Å²) < 4.78 is 1.84. The molecule has 0 spiro atoms. The van der Waals surface area contributed by atoms with Crippen LogP contribution in [0.3, 0.4) is 0 Å². The number of aromatic nitrogens is 5. The molecule has 7 nitrogen and oxygen atoms in total.